The monoisotopic (exact) mass is 1040 g/mol. The molecule has 6 aromatic rings. The van der Waals surface area contributed by atoms with Crippen molar-refractivity contribution in [2.75, 3.05) is 21.3 Å². The van der Waals surface area contributed by atoms with E-state index in [9.17, 15) is 19.5 Å². The van der Waals surface area contributed by atoms with E-state index in [0.29, 0.717) is 26.1 Å². The van der Waals surface area contributed by atoms with Gasteiger partial charge in [-0.25, -0.2) is 5.48 Å². The van der Waals surface area contributed by atoms with Gasteiger partial charge in [0, 0.05) is 55.5 Å². The first-order valence-electron chi connectivity index (χ1n) is 22.7. The summed E-state index contributed by atoms with van der Waals surface area (Å²) in [5.74, 6) is 1.05. The van der Waals surface area contributed by atoms with Crippen LogP contribution in [0.1, 0.15) is 69.3 Å². The fraction of sp³-hybridized carbons (Fsp3) is 0.333. The van der Waals surface area contributed by atoms with Crippen molar-refractivity contribution in [2.45, 2.75) is 76.3 Å². The van der Waals surface area contributed by atoms with Crippen molar-refractivity contribution in [3.05, 3.63) is 178 Å². The average Bonchev–Trinajstić information content (AvgIpc) is 3.42. The summed E-state index contributed by atoms with van der Waals surface area (Å²) in [6.45, 7) is 1.00. The smallest absolute Gasteiger partial charge is 0.309 e. The third-order valence-electron chi connectivity index (χ3n) is 12.0. The molecule has 4 N–H and O–H groups in total. The number of carbonyl (C=O) groups is 3. The number of nitrogens with zero attached hydrogens (tertiary/aromatic N) is 3. The molecule has 70 heavy (non-hydrogen) atoms. The number of alkyl halides is 1. The standard InChI is InChI=1S/C18H19NO3.C17H18N2O3.C12H14O3.C6H6BrN.CH4O.ClH/c1-21-18(20)15-3-2-14-4-5-17(11-16(14)10-15)22-12-13-6-8-19-9-7-13;20-17(19-21)14-2-1-13-3-4-16(10-15(13)9-14)22-11-12-5-7-18-8-6-12;1-15-12(14)9-3-2-8-4-5-11(13)7-10(8)6-9;7-5-6-1-3-8-4-2-6;1-2;/h4-9,11,15H,2-3,10,12H2,1H3;3-8,10,14,21H,1-2,9,11H2,(H,19,20);4-5,7,9,13H,2-3,6H2,1H3;1-4H,5H2;2H,1H3;1H. The number of aromatic nitrogens is 3. The van der Waals surface area contributed by atoms with Crippen LogP contribution in [0.25, 0.3) is 0 Å². The van der Waals surface area contributed by atoms with Crippen LogP contribution in [0.15, 0.2) is 128 Å². The number of rotatable bonds is 10. The van der Waals surface area contributed by atoms with Gasteiger partial charge >= 0.3 is 11.9 Å². The van der Waals surface area contributed by atoms with Crippen molar-refractivity contribution in [1.82, 2.24) is 20.4 Å². The highest BCUT2D eigenvalue weighted by atomic mass is 79.9. The fourth-order valence-electron chi connectivity index (χ4n) is 8.20. The van der Waals surface area contributed by atoms with Gasteiger partial charge < -0.3 is 29.2 Å². The molecule has 3 aromatic carbocycles. The molecule has 3 unspecified atom stereocenters. The molecule has 14 nitrogen and oxygen atoms in total. The number of hydroxylamine groups is 1. The number of aliphatic hydroxyl groups excluding tert-OH is 1. The minimum atomic E-state index is -0.311. The van der Waals surface area contributed by atoms with Gasteiger partial charge in [0.1, 0.15) is 30.5 Å². The molecule has 0 fully saturated rings. The van der Waals surface area contributed by atoms with Crippen LogP contribution in [0.4, 0.5) is 0 Å². The Kier molecular flexibility index (Phi) is 24.3. The van der Waals surface area contributed by atoms with Crippen LogP contribution in [-0.4, -0.2) is 69.5 Å². The molecule has 3 heterocycles. The van der Waals surface area contributed by atoms with Gasteiger partial charge in [0.05, 0.1) is 26.1 Å². The molecule has 3 aliphatic carbocycles. The first-order chi connectivity index (χ1) is 33.7. The largest absolute Gasteiger partial charge is 0.508 e. The van der Waals surface area contributed by atoms with Crippen LogP contribution in [0.2, 0.25) is 0 Å². The van der Waals surface area contributed by atoms with Crippen LogP contribution < -0.4 is 15.0 Å². The average molecular weight is 1040 g/mol. The Labute approximate surface area is 424 Å². The van der Waals surface area contributed by atoms with E-state index in [4.69, 9.17) is 29.3 Å². The molecule has 16 heteroatoms. The van der Waals surface area contributed by atoms with Crippen LogP contribution in [0.5, 0.6) is 17.2 Å². The molecule has 3 aliphatic rings. The highest BCUT2D eigenvalue weighted by molar-refractivity contribution is 9.08. The molecule has 372 valence electrons. The summed E-state index contributed by atoms with van der Waals surface area (Å²) < 4.78 is 21.2. The fourth-order valence-corrected chi connectivity index (χ4v) is 8.58. The number of esters is 2. The highest BCUT2D eigenvalue weighted by Crippen LogP contribution is 2.32. The number of carbonyl (C=O) groups excluding carboxylic acids is 3. The van der Waals surface area contributed by atoms with Crippen molar-refractivity contribution in [2.24, 2.45) is 17.8 Å². The molecule has 9 rings (SSSR count). The molecule has 0 bridgehead atoms. The van der Waals surface area contributed by atoms with E-state index in [-0.39, 0.29) is 53.8 Å². The van der Waals surface area contributed by atoms with E-state index < -0.39 is 0 Å². The van der Waals surface area contributed by atoms with E-state index in [2.05, 4.69) is 43.0 Å². The molecule has 0 saturated heterocycles. The Bertz CT molecular complexity index is 2410. The first kappa shape index (κ1) is 56.2. The van der Waals surface area contributed by atoms with Gasteiger partial charge in [0.2, 0.25) is 5.91 Å². The molecule has 0 spiro atoms. The third-order valence-corrected chi connectivity index (χ3v) is 12.6. The number of halogens is 2. The summed E-state index contributed by atoms with van der Waals surface area (Å²) in [4.78, 5) is 46.5. The second kappa shape index (κ2) is 30.3. The number of phenolic OH excluding ortho intramolecular Hbond substituents is 1. The topological polar surface area (TPSA) is 200 Å². The van der Waals surface area contributed by atoms with Gasteiger partial charge in [-0.1, -0.05) is 34.1 Å². The number of aryl methyl sites for hydroxylation is 3. The lowest BCUT2D eigenvalue weighted by Crippen LogP contribution is -2.31. The lowest BCUT2D eigenvalue weighted by molar-refractivity contribution is -0.146. The predicted octanol–water partition coefficient (Wildman–Crippen LogP) is 8.89. The Hall–Kier alpha value is -6.39. The number of phenols is 1. The molecular weight excluding hydrogens is 980 g/mol. The number of amides is 1. The highest BCUT2D eigenvalue weighted by Gasteiger charge is 2.27. The number of benzene rings is 3. The molecule has 0 aliphatic heterocycles. The summed E-state index contributed by atoms with van der Waals surface area (Å²) in [6, 6.07) is 29.2. The molecular formula is C54H62BrClN4O10. The molecule has 0 saturated carbocycles. The quantitative estimate of drug-likeness (QED) is 0.0439. The van der Waals surface area contributed by atoms with Crippen molar-refractivity contribution >= 4 is 46.2 Å². The van der Waals surface area contributed by atoms with Crippen LogP contribution >= 0.6 is 28.3 Å². The van der Waals surface area contributed by atoms with Gasteiger partial charge in [-0.3, -0.25) is 34.5 Å². The lowest BCUT2D eigenvalue weighted by atomic mass is 9.83. The maximum Gasteiger partial charge on any atom is 0.309 e. The van der Waals surface area contributed by atoms with Gasteiger partial charge in [-0.15, -0.1) is 12.4 Å². The van der Waals surface area contributed by atoms with Gasteiger partial charge in [0.25, 0.3) is 0 Å². The summed E-state index contributed by atoms with van der Waals surface area (Å²) >= 11 is 3.33. The second-order valence-corrected chi connectivity index (χ2v) is 17.0. The minimum absolute atomic E-state index is 0. The van der Waals surface area contributed by atoms with E-state index in [1.54, 1.807) is 54.8 Å². The summed E-state index contributed by atoms with van der Waals surface area (Å²) in [6.07, 6.45) is 17.7. The van der Waals surface area contributed by atoms with Gasteiger partial charge in [-0.05, 0) is 181 Å². The van der Waals surface area contributed by atoms with Gasteiger partial charge in [0.15, 0.2) is 0 Å². The summed E-state index contributed by atoms with van der Waals surface area (Å²) in [7, 11) is 3.87. The first-order valence-corrected chi connectivity index (χ1v) is 23.8. The number of pyridine rings is 3. The van der Waals surface area contributed by atoms with Crippen LogP contribution in [0, 0.1) is 17.8 Å². The Balaban J connectivity index is 0.000000209. The normalized spacial score (nSPS) is 15.8. The van der Waals surface area contributed by atoms with Gasteiger partial charge in [-0.2, -0.15) is 0 Å². The maximum absolute atomic E-state index is 11.7. The van der Waals surface area contributed by atoms with Crippen molar-refractivity contribution < 1.29 is 48.8 Å². The number of hydrogen-bond donors (Lipinski definition) is 4. The molecule has 0 radical (unpaired) electrons. The van der Waals surface area contributed by atoms with E-state index in [1.807, 2.05) is 66.7 Å². The predicted molar refractivity (Wildman–Crippen MR) is 271 cm³/mol. The number of ether oxygens (including phenoxy) is 4. The Morgan fingerprint density at radius 3 is 1.31 bits per heavy atom. The Morgan fingerprint density at radius 1 is 0.557 bits per heavy atom. The number of fused-ring (bicyclic) bond motifs is 3. The third kappa shape index (κ3) is 17.5. The van der Waals surface area contributed by atoms with E-state index >= 15 is 0 Å². The summed E-state index contributed by atoms with van der Waals surface area (Å²) in [5, 5.41) is 26.0. The second-order valence-electron chi connectivity index (χ2n) is 16.4. The van der Waals surface area contributed by atoms with Crippen LogP contribution in [0.3, 0.4) is 0 Å². The molecule has 1 amide bonds. The zero-order valence-electron chi connectivity index (χ0n) is 39.7. The molecule has 3 aromatic heterocycles. The Morgan fingerprint density at radius 2 is 0.929 bits per heavy atom. The number of nitrogens with one attached hydrogen (secondary N) is 1. The number of aromatic hydroxyl groups is 1. The zero-order chi connectivity index (χ0) is 49.4. The van der Waals surface area contributed by atoms with E-state index in [1.165, 1.54) is 42.0 Å². The molecule has 3 atom stereocenters. The number of aliphatic hydroxyl groups is 1. The number of hydrogen-bond acceptors (Lipinski definition) is 13. The van der Waals surface area contributed by atoms with Crippen molar-refractivity contribution in [3.8, 4) is 17.2 Å². The van der Waals surface area contributed by atoms with Crippen LogP contribution in [-0.2, 0) is 80.9 Å². The SMILES string of the molecule is BrCc1ccncc1.CO.COC(=O)C1CCc2ccc(O)cc2C1.COC(=O)C1CCc2ccc(OCc3ccncc3)cc2C1.Cl.O=C(NO)C1CCc2ccc(OCc3ccncc3)cc2C1. The lowest BCUT2D eigenvalue weighted by Gasteiger charge is -2.23. The van der Waals surface area contributed by atoms with E-state index in [0.717, 1.165) is 91.1 Å². The maximum atomic E-state index is 11.7. The summed E-state index contributed by atoms with van der Waals surface area (Å²) in [5.41, 5.74) is 12.3. The minimum Gasteiger partial charge on any atom is -0.508 e. The number of methoxy groups -OCH3 is 2. The van der Waals surface area contributed by atoms with Crippen molar-refractivity contribution in [3.63, 3.8) is 0 Å². The zero-order valence-corrected chi connectivity index (χ0v) is 42.1. The van der Waals surface area contributed by atoms with Crippen molar-refractivity contribution in [1.29, 1.82) is 0 Å².